The Morgan fingerprint density at radius 3 is 2.43 bits per heavy atom. The molecule has 0 aliphatic carbocycles. The van der Waals surface area contributed by atoms with Crippen LogP contribution in [0.15, 0.2) is 9.98 Å². The van der Waals surface area contributed by atoms with Crippen LogP contribution in [0.25, 0.3) is 0 Å². The standard InChI is InChI=1S/C8H16N3O2P/c1-4-9-7-10-6-5-8(11(2)3)14(12)13/h8H,4-6H2,1-3H3. The maximum absolute atomic E-state index is 10.8. The Bertz CT molecular complexity index is 272. The van der Waals surface area contributed by atoms with E-state index in [2.05, 4.69) is 16.0 Å². The lowest BCUT2D eigenvalue weighted by Gasteiger charge is -2.14. The number of aliphatic imine (C=N–C) groups is 2. The zero-order valence-electron chi connectivity index (χ0n) is 8.80. The molecule has 0 aliphatic heterocycles. The fraction of sp³-hybridized carbons (Fsp3) is 0.875. The molecule has 0 radical (unpaired) electrons. The summed E-state index contributed by atoms with van der Waals surface area (Å²) in [6.45, 7) is 2.98. The van der Waals surface area contributed by atoms with Crippen LogP contribution >= 0.6 is 7.68 Å². The molecule has 6 heteroatoms. The summed E-state index contributed by atoms with van der Waals surface area (Å²) in [4.78, 5) is 9.30. The van der Waals surface area contributed by atoms with Crippen molar-refractivity contribution in [3.63, 3.8) is 0 Å². The summed E-state index contributed by atoms with van der Waals surface area (Å²) in [5.74, 6) is -0.447. The van der Waals surface area contributed by atoms with E-state index in [4.69, 9.17) is 0 Å². The topological polar surface area (TPSA) is 62.1 Å². The fourth-order valence-corrected chi connectivity index (χ4v) is 1.61. The molecule has 0 heterocycles. The first kappa shape index (κ1) is 13.2. The largest absolute Gasteiger partial charge is 0.333 e. The lowest BCUT2D eigenvalue weighted by molar-refractivity contribution is 0.344. The Hall–Kier alpha value is -0.760. The zero-order chi connectivity index (χ0) is 11.0. The van der Waals surface area contributed by atoms with Gasteiger partial charge in [0.2, 0.25) is 0 Å². The highest BCUT2D eigenvalue weighted by atomic mass is 31.1. The highest BCUT2D eigenvalue weighted by Crippen LogP contribution is 2.19. The smallest absolute Gasteiger partial charge is 0.294 e. The maximum atomic E-state index is 10.8. The van der Waals surface area contributed by atoms with Crippen molar-refractivity contribution < 1.29 is 9.13 Å². The van der Waals surface area contributed by atoms with Crippen LogP contribution in [0.3, 0.4) is 0 Å². The maximum Gasteiger partial charge on any atom is 0.333 e. The van der Waals surface area contributed by atoms with Gasteiger partial charge in [-0.15, -0.1) is 0 Å². The third-order valence-electron chi connectivity index (χ3n) is 1.64. The van der Waals surface area contributed by atoms with E-state index < -0.39 is 13.5 Å². The summed E-state index contributed by atoms with van der Waals surface area (Å²) >= 11 is 0. The molecule has 0 aromatic rings. The van der Waals surface area contributed by atoms with Crippen LogP contribution in [0.1, 0.15) is 13.3 Å². The highest BCUT2D eigenvalue weighted by Gasteiger charge is 2.15. The molecule has 1 atom stereocenters. The van der Waals surface area contributed by atoms with Gasteiger partial charge in [-0.1, -0.05) is 0 Å². The van der Waals surface area contributed by atoms with Gasteiger partial charge in [-0.25, -0.2) is 19.1 Å². The first-order valence-electron chi connectivity index (χ1n) is 4.47. The normalized spacial score (nSPS) is 12.0. The van der Waals surface area contributed by atoms with E-state index in [1.165, 1.54) is 0 Å². The molecule has 0 bridgehead atoms. The van der Waals surface area contributed by atoms with E-state index in [1.807, 2.05) is 6.92 Å². The van der Waals surface area contributed by atoms with Crippen LogP contribution in [0, 0.1) is 0 Å². The van der Waals surface area contributed by atoms with Crippen LogP contribution in [-0.2, 0) is 9.13 Å². The third-order valence-corrected chi connectivity index (χ3v) is 2.84. The van der Waals surface area contributed by atoms with Gasteiger partial charge in [-0.05, 0) is 27.4 Å². The van der Waals surface area contributed by atoms with Crippen molar-refractivity contribution in [1.82, 2.24) is 4.90 Å². The molecule has 0 saturated heterocycles. The molecule has 80 valence electrons. The van der Waals surface area contributed by atoms with Crippen molar-refractivity contribution in [2.24, 2.45) is 9.98 Å². The van der Waals surface area contributed by atoms with E-state index >= 15 is 0 Å². The van der Waals surface area contributed by atoms with Gasteiger partial charge in [0.1, 0.15) is 5.78 Å². The minimum atomic E-state index is -2.42. The van der Waals surface area contributed by atoms with Gasteiger partial charge in [-0.2, -0.15) is 0 Å². The van der Waals surface area contributed by atoms with Gasteiger partial charge in [0.15, 0.2) is 0 Å². The van der Waals surface area contributed by atoms with E-state index in [0.29, 0.717) is 19.5 Å². The number of hydrogen-bond acceptors (Lipinski definition) is 5. The van der Waals surface area contributed by atoms with E-state index in [-0.39, 0.29) is 0 Å². The fourth-order valence-electron chi connectivity index (χ4n) is 0.903. The van der Waals surface area contributed by atoms with Crippen molar-refractivity contribution >= 4 is 13.7 Å². The van der Waals surface area contributed by atoms with E-state index in [0.717, 1.165) is 0 Å². The third kappa shape index (κ3) is 5.81. The minimum Gasteiger partial charge on any atom is -0.294 e. The number of nitrogens with zero attached hydrogens (tertiary/aromatic N) is 3. The average Bonchev–Trinajstić information content (AvgIpc) is 2.09. The Labute approximate surface area is 84.8 Å². The van der Waals surface area contributed by atoms with Crippen molar-refractivity contribution in [1.29, 1.82) is 0 Å². The second-order valence-electron chi connectivity index (χ2n) is 2.97. The molecule has 0 aromatic heterocycles. The van der Waals surface area contributed by atoms with Gasteiger partial charge in [0.25, 0.3) is 0 Å². The van der Waals surface area contributed by atoms with Gasteiger partial charge >= 0.3 is 7.68 Å². The van der Waals surface area contributed by atoms with Crippen molar-refractivity contribution in [3.8, 4) is 0 Å². The first-order chi connectivity index (χ1) is 6.59. The Morgan fingerprint density at radius 1 is 1.36 bits per heavy atom. The van der Waals surface area contributed by atoms with E-state index in [9.17, 15) is 9.13 Å². The molecule has 0 N–H and O–H groups in total. The van der Waals surface area contributed by atoms with Crippen molar-refractivity contribution in [2.45, 2.75) is 19.1 Å². The van der Waals surface area contributed by atoms with Crippen molar-refractivity contribution in [3.05, 3.63) is 0 Å². The molecular weight excluding hydrogens is 201 g/mol. The Morgan fingerprint density at radius 2 is 2.00 bits per heavy atom. The molecule has 0 rings (SSSR count). The SMILES string of the molecule is CCN=C=NCCC(N(C)C)P(=O)=O. The second-order valence-corrected chi connectivity index (χ2v) is 4.14. The highest BCUT2D eigenvalue weighted by molar-refractivity contribution is 7.31. The molecule has 14 heavy (non-hydrogen) atoms. The molecule has 0 fully saturated rings. The molecule has 0 aromatic carbocycles. The van der Waals surface area contributed by atoms with Crippen LogP contribution in [0.5, 0.6) is 0 Å². The van der Waals surface area contributed by atoms with Crippen LogP contribution in [0.4, 0.5) is 0 Å². The molecule has 1 unspecified atom stereocenters. The zero-order valence-corrected chi connectivity index (χ0v) is 9.70. The molecule has 0 spiro atoms. The quantitative estimate of drug-likeness (QED) is 0.501. The lowest BCUT2D eigenvalue weighted by atomic mass is 10.4. The lowest BCUT2D eigenvalue weighted by Crippen LogP contribution is -2.23. The molecule has 0 aliphatic rings. The predicted octanol–water partition coefficient (Wildman–Crippen LogP) is 1.63. The summed E-state index contributed by atoms with van der Waals surface area (Å²) in [7, 11) is 1.05. The average molecular weight is 217 g/mol. The summed E-state index contributed by atoms with van der Waals surface area (Å²) in [5.41, 5.74) is 0. The van der Waals surface area contributed by atoms with Gasteiger partial charge < -0.3 is 0 Å². The van der Waals surface area contributed by atoms with Crippen molar-refractivity contribution in [2.75, 3.05) is 27.2 Å². The number of hydrogen-bond donors (Lipinski definition) is 0. The van der Waals surface area contributed by atoms with Gasteiger partial charge in [-0.3, -0.25) is 4.90 Å². The summed E-state index contributed by atoms with van der Waals surface area (Å²) in [5, 5.41) is 0. The second kappa shape index (κ2) is 7.63. The molecular formula is C8H16N3O2P. The van der Waals surface area contributed by atoms with Gasteiger partial charge in [0, 0.05) is 6.54 Å². The predicted molar refractivity (Wildman–Crippen MR) is 55.7 cm³/mol. The summed E-state index contributed by atoms with van der Waals surface area (Å²) in [6.07, 6.45) is 0.484. The molecule has 0 amide bonds. The Kier molecular flexibility index (Phi) is 7.21. The van der Waals surface area contributed by atoms with Gasteiger partial charge in [0.05, 0.1) is 12.6 Å². The summed E-state index contributed by atoms with van der Waals surface area (Å²) < 4.78 is 21.5. The molecule has 0 saturated carbocycles. The minimum absolute atomic E-state index is 0.440. The molecule has 5 nitrogen and oxygen atoms in total. The summed E-state index contributed by atoms with van der Waals surface area (Å²) in [6, 6.07) is 2.50. The van der Waals surface area contributed by atoms with E-state index in [1.54, 1.807) is 19.0 Å². The van der Waals surface area contributed by atoms with Crippen LogP contribution < -0.4 is 0 Å². The monoisotopic (exact) mass is 217 g/mol. The first-order valence-corrected chi connectivity index (χ1v) is 5.72. The van der Waals surface area contributed by atoms with Crippen LogP contribution in [-0.4, -0.2) is 43.9 Å². The number of rotatable bonds is 6. The Balaban J connectivity index is 4.02. The van der Waals surface area contributed by atoms with Crippen LogP contribution in [0.2, 0.25) is 0 Å².